The summed E-state index contributed by atoms with van der Waals surface area (Å²) in [6, 6.07) is 5.24. The molecule has 6 heteroatoms. The number of carbonyl (C=O) groups is 1. The standard InChI is InChI=1S/C14H18Cl2N2O2/c1-18-8-10(3-5-14(18)20)17-7-13(19)11-6-9(15)2-4-12(11)16/h2,4,6,10,13,17,19H,3,5,7-8H2,1H3. The van der Waals surface area contributed by atoms with E-state index in [0.29, 0.717) is 35.1 Å². The molecule has 0 radical (unpaired) electrons. The predicted molar refractivity (Wildman–Crippen MR) is 80.1 cm³/mol. The van der Waals surface area contributed by atoms with Crippen molar-refractivity contribution in [3.8, 4) is 0 Å². The number of nitrogens with one attached hydrogen (secondary N) is 1. The molecule has 2 unspecified atom stereocenters. The van der Waals surface area contributed by atoms with Crippen molar-refractivity contribution in [2.24, 2.45) is 0 Å². The predicted octanol–water partition coefficient (Wildman–Crippen LogP) is 2.24. The highest BCUT2D eigenvalue weighted by Crippen LogP contribution is 2.26. The van der Waals surface area contributed by atoms with Crippen LogP contribution in [0.4, 0.5) is 0 Å². The van der Waals surface area contributed by atoms with E-state index >= 15 is 0 Å². The normalized spacial score (nSPS) is 21.1. The first-order valence-electron chi connectivity index (χ1n) is 6.57. The molecule has 1 aliphatic heterocycles. The zero-order valence-corrected chi connectivity index (χ0v) is 12.8. The number of benzene rings is 1. The molecule has 2 atom stereocenters. The number of amides is 1. The number of halogens is 2. The number of likely N-dealkylation sites (tertiary alicyclic amines) is 1. The molecule has 0 bridgehead atoms. The Hall–Kier alpha value is -0.810. The van der Waals surface area contributed by atoms with Gasteiger partial charge in [0.2, 0.25) is 5.91 Å². The van der Waals surface area contributed by atoms with Crippen molar-refractivity contribution in [3.63, 3.8) is 0 Å². The molecule has 1 saturated heterocycles. The fourth-order valence-electron chi connectivity index (χ4n) is 2.34. The monoisotopic (exact) mass is 316 g/mol. The summed E-state index contributed by atoms with van der Waals surface area (Å²) in [7, 11) is 1.79. The van der Waals surface area contributed by atoms with E-state index in [0.717, 1.165) is 6.42 Å². The lowest BCUT2D eigenvalue weighted by Gasteiger charge is -2.31. The van der Waals surface area contributed by atoms with Crippen LogP contribution in [-0.4, -0.2) is 42.1 Å². The van der Waals surface area contributed by atoms with Crippen LogP contribution in [0.2, 0.25) is 10.0 Å². The molecule has 0 spiro atoms. The van der Waals surface area contributed by atoms with Crippen LogP contribution in [0.1, 0.15) is 24.5 Å². The second-order valence-electron chi connectivity index (χ2n) is 5.10. The molecule has 1 amide bonds. The zero-order chi connectivity index (χ0) is 14.7. The van der Waals surface area contributed by atoms with E-state index in [9.17, 15) is 9.90 Å². The summed E-state index contributed by atoms with van der Waals surface area (Å²) < 4.78 is 0. The highest BCUT2D eigenvalue weighted by atomic mass is 35.5. The Morgan fingerprint density at radius 1 is 1.50 bits per heavy atom. The third-order valence-corrected chi connectivity index (χ3v) is 4.12. The van der Waals surface area contributed by atoms with Crippen molar-refractivity contribution in [3.05, 3.63) is 33.8 Å². The average molecular weight is 317 g/mol. The van der Waals surface area contributed by atoms with Crippen LogP contribution in [0.5, 0.6) is 0 Å². The maximum absolute atomic E-state index is 11.4. The number of aliphatic hydroxyl groups excluding tert-OH is 1. The Kier molecular flexibility index (Phi) is 5.27. The third kappa shape index (κ3) is 3.85. The Morgan fingerprint density at radius 2 is 2.25 bits per heavy atom. The summed E-state index contributed by atoms with van der Waals surface area (Å²) in [6.45, 7) is 1.04. The van der Waals surface area contributed by atoms with Gasteiger partial charge >= 0.3 is 0 Å². The first-order chi connectivity index (χ1) is 9.47. The van der Waals surface area contributed by atoms with Crippen LogP contribution in [0, 0.1) is 0 Å². The van der Waals surface area contributed by atoms with Crippen LogP contribution in [0.15, 0.2) is 18.2 Å². The topological polar surface area (TPSA) is 52.6 Å². The van der Waals surface area contributed by atoms with Crippen LogP contribution in [0.25, 0.3) is 0 Å². The summed E-state index contributed by atoms with van der Waals surface area (Å²) in [5.41, 5.74) is 0.618. The second kappa shape index (κ2) is 6.76. The van der Waals surface area contributed by atoms with E-state index in [2.05, 4.69) is 5.32 Å². The molecule has 0 saturated carbocycles. The number of carbonyl (C=O) groups excluding carboxylic acids is 1. The van der Waals surface area contributed by atoms with E-state index in [-0.39, 0.29) is 11.9 Å². The molecular weight excluding hydrogens is 299 g/mol. The Morgan fingerprint density at radius 3 is 2.95 bits per heavy atom. The van der Waals surface area contributed by atoms with Crippen molar-refractivity contribution in [2.75, 3.05) is 20.1 Å². The molecule has 1 fully saturated rings. The Bertz CT molecular complexity index is 496. The van der Waals surface area contributed by atoms with Gasteiger partial charge in [-0.2, -0.15) is 0 Å². The van der Waals surface area contributed by atoms with Crippen LogP contribution in [-0.2, 0) is 4.79 Å². The number of rotatable bonds is 4. The highest BCUT2D eigenvalue weighted by molar-refractivity contribution is 6.33. The van der Waals surface area contributed by atoms with Gasteiger partial charge in [-0.15, -0.1) is 0 Å². The fourth-order valence-corrected chi connectivity index (χ4v) is 2.76. The molecule has 0 aliphatic carbocycles. The average Bonchev–Trinajstić information content (AvgIpc) is 2.42. The van der Waals surface area contributed by atoms with Crippen LogP contribution in [0.3, 0.4) is 0 Å². The van der Waals surface area contributed by atoms with E-state index in [1.807, 2.05) is 0 Å². The summed E-state index contributed by atoms with van der Waals surface area (Å²) in [5.74, 6) is 0.168. The van der Waals surface area contributed by atoms with Gasteiger partial charge in [-0.05, 0) is 24.6 Å². The molecule has 1 heterocycles. The molecule has 20 heavy (non-hydrogen) atoms. The number of piperidine rings is 1. The minimum Gasteiger partial charge on any atom is -0.387 e. The number of likely N-dealkylation sites (N-methyl/N-ethyl adjacent to an activating group) is 1. The van der Waals surface area contributed by atoms with Gasteiger partial charge in [0.05, 0.1) is 6.10 Å². The van der Waals surface area contributed by atoms with Gasteiger partial charge in [-0.25, -0.2) is 0 Å². The van der Waals surface area contributed by atoms with E-state index < -0.39 is 6.10 Å². The Labute approximate surface area is 128 Å². The second-order valence-corrected chi connectivity index (χ2v) is 5.94. The van der Waals surface area contributed by atoms with Gasteiger partial charge < -0.3 is 15.3 Å². The highest BCUT2D eigenvalue weighted by Gasteiger charge is 2.23. The van der Waals surface area contributed by atoms with Gasteiger partial charge in [-0.1, -0.05) is 23.2 Å². The smallest absolute Gasteiger partial charge is 0.222 e. The van der Waals surface area contributed by atoms with Crippen LogP contribution < -0.4 is 5.32 Å². The van der Waals surface area contributed by atoms with E-state index in [1.165, 1.54) is 0 Å². The SMILES string of the molecule is CN1CC(NCC(O)c2cc(Cl)ccc2Cl)CCC1=O. The minimum absolute atomic E-state index is 0.168. The minimum atomic E-state index is -0.718. The number of aliphatic hydroxyl groups is 1. The van der Waals surface area contributed by atoms with Gasteiger partial charge in [0.25, 0.3) is 0 Å². The summed E-state index contributed by atoms with van der Waals surface area (Å²) >= 11 is 12.0. The van der Waals surface area contributed by atoms with Gasteiger partial charge in [0, 0.05) is 48.2 Å². The van der Waals surface area contributed by atoms with Gasteiger partial charge in [0.15, 0.2) is 0 Å². The molecule has 110 valence electrons. The van der Waals surface area contributed by atoms with Crippen molar-refractivity contribution in [1.82, 2.24) is 10.2 Å². The molecule has 2 N–H and O–H groups in total. The molecule has 1 aromatic carbocycles. The van der Waals surface area contributed by atoms with Crippen molar-refractivity contribution in [2.45, 2.75) is 25.0 Å². The molecular formula is C14H18Cl2N2O2. The fraction of sp³-hybridized carbons (Fsp3) is 0.500. The maximum atomic E-state index is 11.4. The molecule has 0 aromatic heterocycles. The molecule has 1 aliphatic rings. The molecule has 2 rings (SSSR count). The summed E-state index contributed by atoms with van der Waals surface area (Å²) in [6.07, 6.45) is 0.616. The largest absolute Gasteiger partial charge is 0.387 e. The quantitative estimate of drug-likeness (QED) is 0.895. The van der Waals surface area contributed by atoms with Crippen molar-refractivity contribution in [1.29, 1.82) is 0 Å². The van der Waals surface area contributed by atoms with Crippen molar-refractivity contribution >= 4 is 29.1 Å². The molecule has 1 aromatic rings. The lowest BCUT2D eigenvalue weighted by Crippen LogP contribution is -2.47. The van der Waals surface area contributed by atoms with E-state index in [4.69, 9.17) is 23.2 Å². The lowest BCUT2D eigenvalue weighted by atomic mass is 10.0. The molecule has 4 nitrogen and oxygen atoms in total. The first kappa shape index (κ1) is 15.6. The van der Waals surface area contributed by atoms with Gasteiger partial charge in [-0.3, -0.25) is 4.79 Å². The van der Waals surface area contributed by atoms with Gasteiger partial charge in [0.1, 0.15) is 0 Å². The summed E-state index contributed by atoms with van der Waals surface area (Å²) in [5, 5.41) is 14.5. The number of nitrogens with zero attached hydrogens (tertiary/aromatic N) is 1. The van der Waals surface area contributed by atoms with E-state index in [1.54, 1.807) is 30.1 Å². The number of hydrogen-bond acceptors (Lipinski definition) is 3. The summed E-state index contributed by atoms with van der Waals surface area (Å²) in [4.78, 5) is 13.1. The zero-order valence-electron chi connectivity index (χ0n) is 11.3. The number of hydrogen-bond donors (Lipinski definition) is 2. The third-order valence-electron chi connectivity index (χ3n) is 3.54. The lowest BCUT2D eigenvalue weighted by molar-refractivity contribution is -0.132. The van der Waals surface area contributed by atoms with Crippen molar-refractivity contribution < 1.29 is 9.90 Å². The maximum Gasteiger partial charge on any atom is 0.222 e. The van der Waals surface area contributed by atoms with Crippen LogP contribution >= 0.6 is 23.2 Å². The first-order valence-corrected chi connectivity index (χ1v) is 7.33. The Balaban J connectivity index is 1.90.